The topological polar surface area (TPSA) is 96.5 Å². The van der Waals surface area contributed by atoms with Gasteiger partial charge < -0.3 is 10.5 Å². The van der Waals surface area contributed by atoms with Gasteiger partial charge >= 0.3 is 0 Å². The molecule has 0 amide bonds. The fourth-order valence-corrected chi connectivity index (χ4v) is 2.12. The number of nitrogens with two attached hydrogens (primary N) is 1. The van der Waals surface area contributed by atoms with E-state index in [0.717, 1.165) is 0 Å². The summed E-state index contributed by atoms with van der Waals surface area (Å²) in [6, 6.07) is 0. The molecule has 0 bridgehead atoms. The van der Waals surface area contributed by atoms with Crippen LogP contribution in [0.5, 0.6) is 0 Å². The molecule has 90 valence electrons. The standard InChI is InChI=1S/C8H19N3O3S/c1-11(5-4-8(9)10)15(12,13)7-3-6-14-2/h3-7H2,1-2H3,(H3,9,10). The Morgan fingerprint density at radius 2 is 2.13 bits per heavy atom. The van der Waals surface area contributed by atoms with Gasteiger partial charge in [0.15, 0.2) is 0 Å². The molecule has 7 heteroatoms. The third-order valence-corrected chi connectivity index (χ3v) is 3.86. The van der Waals surface area contributed by atoms with Crippen LogP contribution in [0.3, 0.4) is 0 Å². The average Bonchev–Trinajstić information content (AvgIpc) is 2.14. The fraction of sp³-hybridized carbons (Fsp3) is 0.875. The lowest BCUT2D eigenvalue weighted by atomic mass is 10.4. The van der Waals surface area contributed by atoms with Gasteiger partial charge in [0.25, 0.3) is 0 Å². The summed E-state index contributed by atoms with van der Waals surface area (Å²) in [5.41, 5.74) is 5.15. The van der Waals surface area contributed by atoms with Gasteiger partial charge in [-0.2, -0.15) is 0 Å². The molecular weight excluding hydrogens is 218 g/mol. The van der Waals surface area contributed by atoms with Gasteiger partial charge in [0.2, 0.25) is 10.0 Å². The number of methoxy groups -OCH3 is 1. The summed E-state index contributed by atoms with van der Waals surface area (Å²) in [6.07, 6.45) is 0.739. The summed E-state index contributed by atoms with van der Waals surface area (Å²) in [4.78, 5) is 0. The third-order valence-electron chi connectivity index (χ3n) is 1.92. The van der Waals surface area contributed by atoms with Crippen molar-refractivity contribution < 1.29 is 13.2 Å². The first-order valence-corrected chi connectivity index (χ1v) is 6.27. The van der Waals surface area contributed by atoms with Crippen LogP contribution in [0.1, 0.15) is 12.8 Å². The van der Waals surface area contributed by atoms with E-state index in [2.05, 4.69) is 0 Å². The molecule has 0 aromatic rings. The zero-order valence-corrected chi connectivity index (χ0v) is 10.0. The maximum atomic E-state index is 11.6. The Balaban J connectivity index is 4.03. The van der Waals surface area contributed by atoms with Gasteiger partial charge in [-0.1, -0.05) is 0 Å². The van der Waals surface area contributed by atoms with E-state index in [0.29, 0.717) is 13.0 Å². The number of hydrogen-bond donors (Lipinski definition) is 2. The van der Waals surface area contributed by atoms with Gasteiger partial charge in [0.05, 0.1) is 11.6 Å². The van der Waals surface area contributed by atoms with Gasteiger partial charge in [-0.15, -0.1) is 0 Å². The zero-order valence-electron chi connectivity index (χ0n) is 9.19. The SMILES string of the molecule is COCCCS(=O)(=O)N(C)CCC(=N)N. The van der Waals surface area contributed by atoms with Gasteiger partial charge in [-0.25, -0.2) is 12.7 Å². The summed E-state index contributed by atoms with van der Waals surface area (Å²) in [5, 5.41) is 7.00. The highest BCUT2D eigenvalue weighted by Gasteiger charge is 2.16. The van der Waals surface area contributed by atoms with Crippen molar-refractivity contribution in [1.82, 2.24) is 4.31 Å². The first-order valence-electron chi connectivity index (χ1n) is 4.66. The highest BCUT2D eigenvalue weighted by molar-refractivity contribution is 7.89. The van der Waals surface area contributed by atoms with Gasteiger partial charge in [0.1, 0.15) is 0 Å². The molecule has 0 aliphatic heterocycles. The van der Waals surface area contributed by atoms with Crippen molar-refractivity contribution in [2.24, 2.45) is 5.73 Å². The van der Waals surface area contributed by atoms with Gasteiger partial charge in [0, 0.05) is 33.7 Å². The maximum absolute atomic E-state index is 11.6. The number of rotatable bonds is 8. The highest BCUT2D eigenvalue weighted by Crippen LogP contribution is 2.01. The second-order valence-corrected chi connectivity index (χ2v) is 5.45. The molecule has 0 aromatic heterocycles. The van der Waals surface area contributed by atoms with Gasteiger partial charge in [-0.3, -0.25) is 5.41 Å². The molecule has 0 saturated carbocycles. The van der Waals surface area contributed by atoms with E-state index in [-0.39, 0.29) is 24.6 Å². The molecule has 0 radical (unpaired) electrons. The lowest BCUT2D eigenvalue weighted by Crippen LogP contribution is -2.32. The Morgan fingerprint density at radius 3 is 2.60 bits per heavy atom. The second kappa shape index (κ2) is 6.76. The average molecular weight is 237 g/mol. The Labute approximate surface area is 91.0 Å². The van der Waals surface area contributed by atoms with Crippen molar-refractivity contribution in [1.29, 1.82) is 5.41 Å². The first-order chi connectivity index (χ1) is 6.90. The molecule has 0 aliphatic rings. The van der Waals surface area contributed by atoms with Crippen LogP contribution < -0.4 is 5.73 Å². The monoisotopic (exact) mass is 237 g/mol. The number of nitrogens with zero attached hydrogens (tertiary/aromatic N) is 1. The Hall–Kier alpha value is -0.660. The minimum atomic E-state index is -3.23. The molecule has 0 heterocycles. The van der Waals surface area contributed by atoms with E-state index < -0.39 is 10.0 Å². The van der Waals surface area contributed by atoms with Crippen LogP contribution in [-0.4, -0.2) is 51.6 Å². The fourth-order valence-electron chi connectivity index (χ4n) is 0.958. The largest absolute Gasteiger partial charge is 0.388 e. The lowest BCUT2D eigenvalue weighted by molar-refractivity contribution is 0.199. The number of sulfonamides is 1. The Bertz CT molecular complexity index is 290. The van der Waals surface area contributed by atoms with E-state index in [4.69, 9.17) is 15.9 Å². The van der Waals surface area contributed by atoms with E-state index in [9.17, 15) is 8.42 Å². The summed E-state index contributed by atoms with van der Waals surface area (Å²) in [6.45, 7) is 0.685. The molecule has 0 fully saturated rings. The molecule has 0 spiro atoms. The minimum absolute atomic E-state index is 0.00561. The van der Waals surface area contributed by atoms with E-state index in [1.54, 1.807) is 0 Å². The maximum Gasteiger partial charge on any atom is 0.213 e. The van der Waals surface area contributed by atoms with Crippen LogP contribution in [0.4, 0.5) is 0 Å². The molecule has 15 heavy (non-hydrogen) atoms. The third kappa shape index (κ3) is 6.43. The summed E-state index contributed by atoms with van der Waals surface area (Å²) in [5.74, 6) is 0.0591. The van der Waals surface area contributed by atoms with Crippen molar-refractivity contribution in [2.45, 2.75) is 12.8 Å². The minimum Gasteiger partial charge on any atom is -0.388 e. The smallest absolute Gasteiger partial charge is 0.213 e. The zero-order chi connectivity index (χ0) is 11.9. The Morgan fingerprint density at radius 1 is 1.53 bits per heavy atom. The molecule has 0 rings (SSSR count). The molecule has 0 atom stereocenters. The molecule has 3 N–H and O–H groups in total. The van der Waals surface area contributed by atoms with Crippen LogP contribution >= 0.6 is 0 Å². The van der Waals surface area contributed by atoms with Crippen molar-refractivity contribution in [3.8, 4) is 0 Å². The van der Waals surface area contributed by atoms with E-state index >= 15 is 0 Å². The van der Waals surface area contributed by atoms with Crippen LogP contribution in [0.25, 0.3) is 0 Å². The van der Waals surface area contributed by atoms with Crippen molar-refractivity contribution in [3.05, 3.63) is 0 Å². The van der Waals surface area contributed by atoms with E-state index in [1.165, 1.54) is 18.5 Å². The molecule has 6 nitrogen and oxygen atoms in total. The number of ether oxygens (including phenoxy) is 1. The first kappa shape index (κ1) is 14.3. The van der Waals surface area contributed by atoms with Crippen molar-refractivity contribution in [3.63, 3.8) is 0 Å². The predicted molar refractivity (Wildman–Crippen MR) is 59.4 cm³/mol. The molecule has 0 unspecified atom stereocenters. The van der Waals surface area contributed by atoms with Crippen LogP contribution in [-0.2, 0) is 14.8 Å². The summed E-state index contributed by atoms with van der Waals surface area (Å²) >= 11 is 0. The lowest BCUT2D eigenvalue weighted by Gasteiger charge is -2.16. The number of hydrogen-bond acceptors (Lipinski definition) is 4. The number of amidine groups is 1. The van der Waals surface area contributed by atoms with Crippen LogP contribution in [0.2, 0.25) is 0 Å². The normalized spacial score (nSPS) is 11.9. The summed E-state index contributed by atoms with van der Waals surface area (Å²) < 4.78 is 29.2. The Kier molecular flexibility index (Phi) is 6.46. The second-order valence-electron chi connectivity index (χ2n) is 3.26. The molecular formula is C8H19N3O3S. The van der Waals surface area contributed by atoms with Crippen molar-refractivity contribution in [2.75, 3.05) is 33.1 Å². The molecule has 0 aromatic carbocycles. The van der Waals surface area contributed by atoms with Gasteiger partial charge in [-0.05, 0) is 6.42 Å². The summed E-state index contributed by atoms with van der Waals surface area (Å²) in [7, 11) is -0.202. The quantitative estimate of drug-likeness (QED) is 0.341. The van der Waals surface area contributed by atoms with E-state index in [1.807, 2.05) is 0 Å². The van der Waals surface area contributed by atoms with Crippen molar-refractivity contribution >= 4 is 15.9 Å². The molecule has 0 aliphatic carbocycles. The predicted octanol–water partition coefficient (Wildman–Crippen LogP) is -0.389. The van der Waals surface area contributed by atoms with Crippen LogP contribution in [0.15, 0.2) is 0 Å². The molecule has 0 saturated heterocycles. The number of nitrogens with one attached hydrogen (secondary N) is 1. The van der Waals surface area contributed by atoms with Crippen LogP contribution in [0, 0.1) is 5.41 Å². The highest BCUT2D eigenvalue weighted by atomic mass is 32.2.